The van der Waals surface area contributed by atoms with E-state index in [4.69, 9.17) is 0 Å². The van der Waals surface area contributed by atoms with Crippen molar-refractivity contribution in [2.75, 3.05) is 29.4 Å². The third-order valence-electron chi connectivity index (χ3n) is 19.6. The topological polar surface area (TPSA) is 19.4 Å². The van der Waals surface area contributed by atoms with Gasteiger partial charge in [0.2, 0.25) is 0 Å². The van der Waals surface area contributed by atoms with Gasteiger partial charge in [-0.15, -0.1) is 0 Å². The van der Waals surface area contributed by atoms with Crippen molar-refractivity contribution in [1.82, 2.24) is 0 Å². The summed E-state index contributed by atoms with van der Waals surface area (Å²) in [6.07, 6.45) is 0. The van der Waals surface area contributed by atoms with Crippen molar-refractivity contribution in [1.29, 1.82) is 0 Å². The second-order valence-corrected chi connectivity index (χ2v) is 26.5. The zero-order chi connectivity index (χ0) is 63.6. The third-order valence-corrected chi connectivity index (χ3v) is 19.6. The summed E-state index contributed by atoms with van der Waals surface area (Å²) < 4.78 is 0. The smallest absolute Gasteiger partial charge is 0.252 e. The molecule has 0 spiro atoms. The number of hydrogen-bond donors (Lipinski definition) is 0. The molecule has 0 N–H and O–H groups in total. The Morgan fingerprint density at radius 2 is 0.489 bits per heavy atom. The van der Waals surface area contributed by atoms with E-state index in [1.807, 2.05) is 0 Å². The molecule has 4 heterocycles. The number of fused-ring (bicyclic) bond motifs is 8. The Bertz CT molecular complexity index is 4810. The van der Waals surface area contributed by atoms with Gasteiger partial charge in [-0.05, 0) is 272 Å². The molecule has 0 radical (unpaired) electrons. The molecule has 6 nitrogen and oxygen atoms in total. The van der Waals surface area contributed by atoms with Gasteiger partial charge >= 0.3 is 0 Å². The van der Waals surface area contributed by atoms with Gasteiger partial charge in [0.1, 0.15) is 0 Å². The van der Waals surface area contributed by atoms with Crippen molar-refractivity contribution in [3.63, 3.8) is 0 Å². The van der Waals surface area contributed by atoms with Gasteiger partial charge in [0.25, 0.3) is 13.4 Å². The van der Waals surface area contributed by atoms with Gasteiger partial charge in [-0.3, -0.25) is 0 Å². The van der Waals surface area contributed by atoms with Gasteiger partial charge in [-0.2, -0.15) is 0 Å². The van der Waals surface area contributed by atoms with E-state index in [0.717, 1.165) is 91.0 Å². The fourth-order valence-corrected chi connectivity index (χ4v) is 15.7. The Balaban J connectivity index is 1.01. The average Bonchev–Trinajstić information content (AvgIpc) is 0.686. The molecule has 0 fully saturated rings. The van der Waals surface area contributed by atoms with Crippen LogP contribution in [0.15, 0.2) is 279 Å². The van der Waals surface area contributed by atoms with Gasteiger partial charge < -0.3 is 29.4 Å². The highest BCUT2D eigenvalue weighted by Crippen LogP contribution is 2.53. The number of para-hydroxylation sites is 2. The highest BCUT2D eigenvalue weighted by atomic mass is 15.2. The summed E-state index contributed by atoms with van der Waals surface area (Å²) in [6.45, 7) is 17.4. The van der Waals surface area contributed by atoms with Crippen LogP contribution in [0.25, 0.3) is 0 Å². The number of rotatable bonds is 10. The lowest BCUT2D eigenvalue weighted by Crippen LogP contribution is -2.65. The molecule has 0 bridgehead atoms. The number of hydrogen-bond acceptors (Lipinski definition) is 6. The molecule has 13 aromatic rings. The van der Waals surface area contributed by atoms with Crippen LogP contribution < -0.4 is 62.2 Å². The van der Waals surface area contributed by atoms with Gasteiger partial charge in [-0.1, -0.05) is 140 Å². The van der Waals surface area contributed by atoms with Crippen molar-refractivity contribution in [2.24, 2.45) is 0 Å². The zero-order valence-corrected chi connectivity index (χ0v) is 54.4. The monoisotopic (exact) mass is 1210 g/mol. The highest BCUT2D eigenvalue weighted by molar-refractivity contribution is 7.03. The van der Waals surface area contributed by atoms with Crippen LogP contribution >= 0.6 is 0 Å². The molecule has 17 rings (SSSR count). The summed E-state index contributed by atoms with van der Waals surface area (Å²) in [7, 11) is 0. The van der Waals surface area contributed by atoms with E-state index in [9.17, 15) is 0 Å². The van der Waals surface area contributed by atoms with E-state index >= 15 is 0 Å². The van der Waals surface area contributed by atoms with Crippen molar-refractivity contribution in [3.05, 3.63) is 324 Å². The summed E-state index contributed by atoms with van der Waals surface area (Å²) in [5.41, 5.74) is 37.4. The van der Waals surface area contributed by atoms with Gasteiger partial charge in [-0.25, -0.2) is 0 Å². The summed E-state index contributed by atoms with van der Waals surface area (Å²) in [5, 5.41) is 0. The maximum Gasteiger partial charge on any atom is 0.252 e. The molecule has 0 aliphatic carbocycles. The molecule has 94 heavy (non-hydrogen) atoms. The van der Waals surface area contributed by atoms with Crippen LogP contribution in [0, 0.1) is 55.4 Å². The van der Waals surface area contributed by atoms with E-state index in [-0.39, 0.29) is 13.4 Å². The van der Waals surface area contributed by atoms with Crippen LogP contribution in [0.5, 0.6) is 0 Å². The van der Waals surface area contributed by atoms with Crippen LogP contribution in [0.1, 0.15) is 44.5 Å². The number of aryl methyl sites for hydroxylation is 8. The van der Waals surface area contributed by atoms with Crippen LogP contribution in [0.2, 0.25) is 0 Å². The average molecular weight is 1210 g/mol. The highest BCUT2D eigenvalue weighted by Gasteiger charge is 2.49. The van der Waals surface area contributed by atoms with Crippen LogP contribution in [-0.2, 0) is 0 Å². The predicted molar refractivity (Wildman–Crippen MR) is 402 cm³/mol. The molecule has 0 unspecified atom stereocenters. The summed E-state index contributed by atoms with van der Waals surface area (Å²) in [4.78, 5) is 15.3. The van der Waals surface area contributed by atoms with Gasteiger partial charge in [0.15, 0.2) is 0 Å². The molecule has 4 aliphatic rings. The Labute approximate surface area is 553 Å². The summed E-state index contributed by atoms with van der Waals surface area (Å²) in [6, 6.07) is 106. The lowest BCUT2D eigenvalue weighted by atomic mass is 9.30. The van der Waals surface area contributed by atoms with E-state index in [0.29, 0.717) is 0 Å². The molecule has 0 saturated carbocycles. The number of anilines is 18. The van der Waals surface area contributed by atoms with Gasteiger partial charge in [0, 0.05) is 91.0 Å². The Morgan fingerprint density at radius 1 is 0.202 bits per heavy atom. The standard InChI is InChI=1S/C86H70B2N6/c1-55-21-15-31-65(41-55)89(66-32-16-22-56(2)42-66)71-49-81-85-83(51-71)93(69-35-19-25-59(5)45-69)77-47-61(7)37-39-73(77)87(85)75-53-76-80(54-79(75)91(81)63-27-11-9-12-28-63)92(64-29-13-10-14-30-64)82-50-72(90(67-33-17-23-57(3)43-67)68-34-18-24-58(4)44-68)52-84-86(82)88(76)74-40-38-62(8)48-78(74)94(84)70-36-20-26-60(6)46-70/h9-54H,1-8H3. The van der Waals surface area contributed by atoms with E-state index < -0.39 is 0 Å². The lowest BCUT2D eigenvalue weighted by molar-refractivity contribution is 1.20. The first kappa shape index (κ1) is 56.7. The molecule has 450 valence electrons. The van der Waals surface area contributed by atoms with E-state index in [1.54, 1.807) is 0 Å². The van der Waals surface area contributed by atoms with E-state index in [1.165, 1.54) is 88.7 Å². The first-order valence-corrected chi connectivity index (χ1v) is 32.9. The van der Waals surface area contributed by atoms with E-state index in [2.05, 4.69) is 364 Å². The Hall–Kier alpha value is -11.2. The molecule has 0 atom stereocenters. The minimum absolute atomic E-state index is 0.169. The van der Waals surface area contributed by atoms with Crippen LogP contribution in [0.3, 0.4) is 0 Å². The van der Waals surface area contributed by atoms with Crippen molar-refractivity contribution >= 4 is 149 Å². The van der Waals surface area contributed by atoms with Crippen molar-refractivity contribution < 1.29 is 0 Å². The maximum absolute atomic E-state index is 2.66. The first-order chi connectivity index (χ1) is 45.9. The van der Waals surface area contributed by atoms with Gasteiger partial charge in [0.05, 0.1) is 11.4 Å². The molecular weight excluding hydrogens is 1140 g/mol. The molecular formula is C86H70B2N6. The maximum atomic E-state index is 2.66. The summed E-state index contributed by atoms with van der Waals surface area (Å²) in [5.74, 6) is 0. The number of benzene rings is 13. The quantitative estimate of drug-likeness (QED) is 0.126. The fourth-order valence-electron chi connectivity index (χ4n) is 15.7. The Kier molecular flexibility index (Phi) is 13.5. The minimum atomic E-state index is -0.169. The largest absolute Gasteiger partial charge is 0.311 e. The fraction of sp³-hybridized carbons (Fsp3) is 0.0930. The second kappa shape index (κ2) is 22.3. The number of nitrogens with zero attached hydrogens (tertiary/aromatic N) is 6. The Morgan fingerprint density at radius 3 is 0.819 bits per heavy atom. The molecule has 0 amide bonds. The second-order valence-electron chi connectivity index (χ2n) is 26.5. The first-order valence-electron chi connectivity index (χ1n) is 32.9. The minimum Gasteiger partial charge on any atom is -0.311 e. The molecule has 13 aromatic carbocycles. The predicted octanol–water partition coefficient (Wildman–Crippen LogP) is 19.3. The van der Waals surface area contributed by atoms with Crippen LogP contribution in [-0.4, -0.2) is 13.4 Å². The molecule has 0 aromatic heterocycles. The zero-order valence-electron chi connectivity index (χ0n) is 54.4. The van der Waals surface area contributed by atoms with Crippen LogP contribution in [0.4, 0.5) is 102 Å². The molecule has 0 saturated heterocycles. The normalized spacial score (nSPS) is 13.0. The summed E-state index contributed by atoms with van der Waals surface area (Å²) >= 11 is 0. The third kappa shape index (κ3) is 9.33. The lowest BCUT2D eigenvalue weighted by Gasteiger charge is -2.48. The molecule has 8 heteroatoms. The SMILES string of the molecule is Cc1cccc(N(c2cccc(C)c2)c2cc3c4c(c2)N(c2ccccc2)c2cc5c(cc2B4c2ccc(C)cc2N3c2cccc(C)c2)B2c3ccc(C)cc3N(c3cccc(C)c3)c3cc(N(c4cccc(C)c4)c4cccc(C)c4)cc(c32)N5c2ccccc2)c1. The molecule has 4 aliphatic heterocycles. The van der Waals surface area contributed by atoms with Crippen molar-refractivity contribution in [2.45, 2.75) is 55.4 Å². The van der Waals surface area contributed by atoms with Crippen molar-refractivity contribution in [3.8, 4) is 0 Å².